The highest BCUT2D eigenvalue weighted by atomic mass is 16.4. The Labute approximate surface area is 106 Å². The van der Waals surface area contributed by atoms with Gasteiger partial charge >= 0.3 is 5.97 Å². The minimum atomic E-state index is -1.31. The third-order valence-corrected chi connectivity index (χ3v) is 2.67. The molecule has 1 N–H and O–H groups in total. The van der Waals surface area contributed by atoms with E-state index < -0.39 is 17.8 Å². The maximum atomic E-state index is 11.7. The predicted molar refractivity (Wildman–Crippen MR) is 63.9 cm³/mol. The van der Waals surface area contributed by atoms with E-state index in [-0.39, 0.29) is 29.8 Å². The SMILES string of the molecule is [N-]=[N+]=Nc1cccc(C(=O)O)c1N1C(=O)CCC1=O. The molecular formula is C11H8N4O4. The van der Waals surface area contributed by atoms with Gasteiger partial charge in [-0.25, -0.2) is 9.69 Å². The Balaban J connectivity index is 2.71. The number of carboxylic acids is 1. The smallest absolute Gasteiger partial charge is 0.337 e. The van der Waals surface area contributed by atoms with Gasteiger partial charge in [0, 0.05) is 17.8 Å². The normalized spacial score (nSPS) is 14.4. The first-order chi connectivity index (χ1) is 9.06. The number of hydrogen-bond donors (Lipinski definition) is 1. The number of imide groups is 1. The van der Waals surface area contributed by atoms with Gasteiger partial charge in [-0.05, 0) is 11.6 Å². The van der Waals surface area contributed by atoms with Crippen molar-refractivity contribution in [1.82, 2.24) is 0 Å². The van der Waals surface area contributed by atoms with E-state index in [1.54, 1.807) is 0 Å². The van der Waals surface area contributed by atoms with Crippen molar-refractivity contribution in [3.05, 3.63) is 34.2 Å². The molecule has 1 aromatic carbocycles. The number of carboxylic acid groups (broad SMARTS) is 1. The Morgan fingerprint density at radius 3 is 2.47 bits per heavy atom. The van der Waals surface area contributed by atoms with Crippen LogP contribution in [0.3, 0.4) is 0 Å². The number of anilines is 1. The van der Waals surface area contributed by atoms with Crippen LogP contribution in [0.1, 0.15) is 23.2 Å². The molecule has 0 radical (unpaired) electrons. The first kappa shape index (κ1) is 12.6. The van der Waals surface area contributed by atoms with Crippen molar-refractivity contribution in [3.8, 4) is 0 Å². The minimum Gasteiger partial charge on any atom is -0.478 e. The summed E-state index contributed by atoms with van der Waals surface area (Å²) in [5.74, 6) is -2.32. The van der Waals surface area contributed by atoms with Crippen molar-refractivity contribution >= 4 is 29.2 Å². The Bertz CT molecular complexity index is 597. The largest absolute Gasteiger partial charge is 0.478 e. The zero-order valence-corrected chi connectivity index (χ0v) is 9.61. The van der Waals surface area contributed by atoms with Crippen LogP contribution in [0.25, 0.3) is 10.4 Å². The summed E-state index contributed by atoms with van der Waals surface area (Å²) in [7, 11) is 0. The summed E-state index contributed by atoms with van der Waals surface area (Å²) in [5, 5.41) is 12.4. The standard InChI is InChI=1S/C11H8N4O4/c12-14-13-7-3-1-2-6(11(18)19)10(7)15-8(16)4-5-9(15)17/h1-3H,4-5H2,(H,18,19). The molecule has 0 unspecified atom stereocenters. The van der Waals surface area contributed by atoms with Gasteiger partial charge in [0.2, 0.25) is 11.8 Å². The van der Waals surface area contributed by atoms with Gasteiger partial charge in [0.15, 0.2) is 0 Å². The average Bonchev–Trinajstić information content (AvgIpc) is 2.69. The van der Waals surface area contributed by atoms with E-state index in [0.29, 0.717) is 0 Å². The number of nitrogens with zero attached hydrogens (tertiary/aromatic N) is 4. The molecule has 8 heteroatoms. The number of azide groups is 1. The van der Waals surface area contributed by atoms with Crippen LogP contribution in [0.2, 0.25) is 0 Å². The fraction of sp³-hybridized carbons (Fsp3) is 0.182. The van der Waals surface area contributed by atoms with Gasteiger partial charge in [-0.1, -0.05) is 17.2 Å². The number of amides is 2. The summed E-state index contributed by atoms with van der Waals surface area (Å²) < 4.78 is 0. The molecule has 0 bridgehead atoms. The van der Waals surface area contributed by atoms with Crippen molar-refractivity contribution in [1.29, 1.82) is 0 Å². The molecule has 0 aromatic heterocycles. The van der Waals surface area contributed by atoms with Gasteiger partial charge in [-0.2, -0.15) is 0 Å². The molecule has 8 nitrogen and oxygen atoms in total. The second kappa shape index (κ2) is 4.79. The molecule has 0 saturated carbocycles. The summed E-state index contributed by atoms with van der Waals surface area (Å²) in [5.41, 5.74) is 7.98. The molecule has 0 spiro atoms. The van der Waals surface area contributed by atoms with Crippen LogP contribution >= 0.6 is 0 Å². The third kappa shape index (κ3) is 2.12. The molecule has 1 saturated heterocycles. The lowest BCUT2D eigenvalue weighted by molar-refractivity contribution is -0.121. The fourth-order valence-corrected chi connectivity index (χ4v) is 1.89. The first-order valence-corrected chi connectivity index (χ1v) is 5.33. The number of aromatic carboxylic acids is 1. The summed E-state index contributed by atoms with van der Waals surface area (Å²) in [6.07, 6.45) is 0.0327. The van der Waals surface area contributed by atoms with Gasteiger partial charge in [-0.15, -0.1) is 0 Å². The topological polar surface area (TPSA) is 123 Å². The van der Waals surface area contributed by atoms with Crippen LogP contribution in [-0.4, -0.2) is 22.9 Å². The quantitative estimate of drug-likeness (QED) is 0.386. The van der Waals surface area contributed by atoms with Crippen molar-refractivity contribution < 1.29 is 19.5 Å². The molecule has 1 heterocycles. The number of rotatable bonds is 3. The van der Waals surface area contributed by atoms with Crippen LogP contribution < -0.4 is 4.90 Å². The molecule has 0 aliphatic carbocycles. The van der Waals surface area contributed by atoms with Crippen LogP contribution in [0, 0.1) is 0 Å². The Morgan fingerprint density at radius 1 is 1.32 bits per heavy atom. The first-order valence-electron chi connectivity index (χ1n) is 5.33. The summed E-state index contributed by atoms with van der Waals surface area (Å²) in [4.78, 5) is 37.9. The molecule has 1 aromatic rings. The highest BCUT2D eigenvalue weighted by molar-refractivity contribution is 6.23. The molecule has 1 fully saturated rings. The van der Waals surface area contributed by atoms with E-state index in [2.05, 4.69) is 10.0 Å². The van der Waals surface area contributed by atoms with Crippen molar-refractivity contribution in [2.24, 2.45) is 5.11 Å². The fourth-order valence-electron chi connectivity index (χ4n) is 1.89. The molecule has 0 atom stereocenters. The van der Waals surface area contributed by atoms with E-state index in [9.17, 15) is 14.4 Å². The lowest BCUT2D eigenvalue weighted by Gasteiger charge is -2.18. The van der Waals surface area contributed by atoms with Crippen molar-refractivity contribution in [2.75, 3.05) is 4.90 Å². The average molecular weight is 260 g/mol. The molecular weight excluding hydrogens is 252 g/mol. The molecule has 96 valence electrons. The molecule has 1 aliphatic heterocycles. The number of carbonyl (C=O) groups is 3. The van der Waals surface area contributed by atoms with Crippen molar-refractivity contribution in [2.45, 2.75) is 12.8 Å². The van der Waals surface area contributed by atoms with Crippen LogP contribution in [-0.2, 0) is 9.59 Å². The van der Waals surface area contributed by atoms with Gasteiger partial charge in [0.1, 0.15) is 0 Å². The predicted octanol–water partition coefficient (Wildman–Crippen LogP) is 1.98. The summed E-state index contributed by atoms with van der Waals surface area (Å²) in [6.45, 7) is 0. The second-order valence-electron chi connectivity index (χ2n) is 3.79. The lowest BCUT2D eigenvalue weighted by Crippen LogP contribution is -2.30. The van der Waals surface area contributed by atoms with Crippen LogP contribution in [0.5, 0.6) is 0 Å². The highest BCUT2D eigenvalue weighted by Gasteiger charge is 2.34. The van der Waals surface area contributed by atoms with Crippen molar-refractivity contribution in [3.63, 3.8) is 0 Å². The summed E-state index contributed by atoms with van der Waals surface area (Å²) >= 11 is 0. The Kier molecular flexibility index (Phi) is 3.17. The highest BCUT2D eigenvalue weighted by Crippen LogP contribution is 2.35. The lowest BCUT2D eigenvalue weighted by atomic mass is 10.1. The molecule has 19 heavy (non-hydrogen) atoms. The van der Waals surface area contributed by atoms with Gasteiger partial charge in [0.25, 0.3) is 0 Å². The maximum absolute atomic E-state index is 11.7. The Morgan fingerprint density at radius 2 is 1.95 bits per heavy atom. The molecule has 2 rings (SSSR count). The third-order valence-electron chi connectivity index (χ3n) is 2.67. The van der Waals surface area contributed by atoms with Gasteiger partial charge in [0.05, 0.1) is 16.9 Å². The second-order valence-corrected chi connectivity index (χ2v) is 3.79. The monoisotopic (exact) mass is 260 g/mol. The van der Waals surface area contributed by atoms with E-state index in [1.807, 2.05) is 0 Å². The van der Waals surface area contributed by atoms with E-state index in [4.69, 9.17) is 10.6 Å². The van der Waals surface area contributed by atoms with E-state index in [1.165, 1.54) is 18.2 Å². The minimum absolute atomic E-state index is 0.0164. The zero-order valence-electron chi connectivity index (χ0n) is 9.61. The van der Waals surface area contributed by atoms with Crippen LogP contribution in [0.4, 0.5) is 11.4 Å². The number of hydrogen-bond acceptors (Lipinski definition) is 4. The summed E-state index contributed by atoms with van der Waals surface area (Å²) in [6, 6.07) is 3.97. The zero-order chi connectivity index (χ0) is 14.0. The van der Waals surface area contributed by atoms with E-state index in [0.717, 1.165) is 4.90 Å². The number of para-hydroxylation sites is 1. The maximum Gasteiger partial charge on any atom is 0.337 e. The van der Waals surface area contributed by atoms with Gasteiger partial charge < -0.3 is 5.11 Å². The van der Waals surface area contributed by atoms with E-state index >= 15 is 0 Å². The van der Waals surface area contributed by atoms with Gasteiger partial charge in [-0.3, -0.25) is 9.59 Å². The molecule has 1 aliphatic rings. The Hall–Kier alpha value is -2.86. The molecule has 2 amide bonds. The number of benzene rings is 1. The van der Waals surface area contributed by atoms with Crippen LogP contribution in [0.15, 0.2) is 23.3 Å². The number of carbonyl (C=O) groups excluding carboxylic acids is 2.